The van der Waals surface area contributed by atoms with Crippen molar-refractivity contribution in [3.63, 3.8) is 0 Å². The zero-order valence-electron chi connectivity index (χ0n) is 15.7. The summed E-state index contributed by atoms with van der Waals surface area (Å²) >= 11 is 0. The number of benzene rings is 1. The van der Waals surface area contributed by atoms with Gasteiger partial charge in [-0.2, -0.15) is 0 Å². The lowest BCUT2D eigenvalue weighted by molar-refractivity contribution is -0.129. The molecule has 1 aromatic heterocycles. The molecule has 2 fully saturated rings. The quantitative estimate of drug-likeness (QED) is 0.907. The minimum Gasteiger partial charge on any atom is -0.393 e. The molecule has 5 nitrogen and oxygen atoms in total. The number of aliphatic hydroxyl groups is 1. The highest BCUT2D eigenvalue weighted by molar-refractivity contribution is 5.73. The van der Waals surface area contributed by atoms with E-state index in [1.807, 2.05) is 35.4 Å². The summed E-state index contributed by atoms with van der Waals surface area (Å²) in [4.78, 5) is 20.9. The molecule has 0 unspecified atom stereocenters. The summed E-state index contributed by atoms with van der Waals surface area (Å²) in [6.45, 7) is 4.54. The van der Waals surface area contributed by atoms with Crippen LogP contribution in [0.4, 0.5) is 0 Å². The van der Waals surface area contributed by atoms with Gasteiger partial charge in [0.2, 0.25) is 5.91 Å². The molecule has 1 amide bonds. The highest BCUT2D eigenvalue weighted by atomic mass is 16.3. The van der Waals surface area contributed by atoms with Gasteiger partial charge in [-0.3, -0.25) is 14.7 Å². The van der Waals surface area contributed by atoms with E-state index in [0.29, 0.717) is 19.5 Å². The lowest BCUT2D eigenvalue weighted by atomic mass is 9.81. The molecule has 2 aromatic rings. The average Bonchev–Trinajstić information content (AvgIpc) is 2.94. The molecule has 2 saturated heterocycles. The second-order valence-corrected chi connectivity index (χ2v) is 7.73. The van der Waals surface area contributed by atoms with Crippen LogP contribution in [0.1, 0.15) is 30.5 Å². The summed E-state index contributed by atoms with van der Waals surface area (Å²) in [5.74, 6) is 0.478. The number of nitrogens with zero attached hydrogens (tertiary/aromatic N) is 3. The van der Waals surface area contributed by atoms with Gasteiger partial charge in [0.15, 0.2) is 0 Å². The molecule has 142 valence electrons. The van der Waals surface area contributed by atoms with Crippen LogP contribution in [-0.4, -0.2) is 57.6 Å². The van der Waals surface area contributed by atoms with Gasteiger partial charge >= 0.3 is 0 Å². The first-order valence-corrected chi connectivity index (χ1v) is 9.76. The van der Waals surface area contributed by atoms with Crippen LogP contribution < -0.4 is 0 Å². The fourth-order valence-electron chi connectivity index (χ4n) is 4.78. The molecule has 4 rings (SSSR count). The number of aromatic nitrogens is 1. The Kier molecular flexibility index (Phi) is 5.23. The van der Waals surface area contributed by atoms with E-state index >= 15 is 0 Å². The van der Waals surface area contributed by atoms with Gasteiger partial charge in [-0.1, -0.05) is 36.4 Å². The number of carbonyl (C=O) groups is 1. The normalized spacial score (nSPS) is 28.6. The fraction of sp³-hybridized carbons (Fsp3) is 0.455. The Labute approximate surface area is 160 Å². The molecular weight excluding hydrogens is 338 g/mol. The molecule has 2 aliphatic rings. The third kappa shape index (κ3) is 3.75. The summed E-state index contributed by atoms with van der Waals surface area (Å²) < 4.78 is 0. The van der Waals surface area contributed by atoms with Crippen LogP contribution in [0.5, 0.6) is 0 Å². The van der Waals surface area contributed by atoms with E-state index in [4.69, 9.17) is 0 Å². The highest BCUT2D eigenvalue weighted by Gasteiger charge is 2.47. The second kappa shape index (κ2) is 7.79. The van der Waals surface area contributed by atoms with E-state index in [1.54, 1.807) is 6.92 Å². The Morgan fingerprint density at radius 1 is 1.15 bits per heavy atom. The van der Waals surface area contributed by atoms with Crippen molar-refractivity contribution in [2.75, 3.05) is 19.6 Å². The standard InChI is InChI=1S/C22H27N3O2/c1-16(26)24-12-10-21(27)22-19(17-7-3-2-4-8-17)14-25(20(22)15-24)13-18-9-5-6-11-23-18/h2-9,11,19-22,27H,10,12-15H2,1H3/t19-,20+,21+,22-/m0/s1. The monoisotopic (exact) mass is 365 g/mol. The molecule has 0 saturated carbocycles. The molecule has 0 aliphatic carbocycles. The van der Waals surface area contributed by atoms with Crippen molar-refractivity contribution in [1.29, 1.82) is 0 Å². The number of rotatable bonds is 3. The largest absolute Gasteiger partial charge is 0.393 e. The number of likely N-dealkylation sites (tertiary alicyclic amines) is 2. The van der Waals surface area contributed by atoms with Gasteiger partial charge < -0.3 is 10.0 Å². The molecule has 1 aromatic carbocycles. The van der Waals surface area contributed by atoms with Crippen LogP contribution in [0.2, 0.25) is 0 Å². The van der Waals surface area contributed by atoms with E-state index in [9.17, 15) is 9.90 Å². The van der Waals surface area contributed by atoms with Gasteiger partial charge in [0.1, 0.15) is 0 Å². The summed E-state index contributed by atoms with van der Waals surface area (Å²) in [6, 6.07) is 16.6. The number of hydrogen-bond donors (Lipinski definition) is 1. The molecule has 4 atom stereocenters. The first kappa shape index (κ1) is 18.1. The molecule has 3 heterocycles. The SMILES string of the molecule is CC(=O)N1CC[C@@H](O)[C@@H]2[C@@H](C1)N(Cc1ccccn1)C[C@H]2c1ccccc1. The van der Waals surface area contributed by atoms with E-state index in [-0.39, 0.29) is 23.8 Å². The molecule has 0 bridgehead atoms. The third-order valence-electron chi connectivity index (χ3n) is 6.12. The highest BCUT2D eigenvalue weighted by Crippen LogP contribution is 2.42. The first-order valence-electron chi connectivity index (χ1n) is 9.76. The van der Waals surface area contributed by atoms with Crippen molar-refractivity contribution in [3.8, 4) is 0 Å². The number of amides is 1. The number of fused-ring (bicyclic) bond motifs is 1. The van der Waals surface area contributed by atoms with Crippen molar-refractivity contribution in [3.05, 3.63) is 66.0 Å². The maximum Gasteiger partial charge on any atom is 0.219 e. The average molecular weight is 365 g/mol. The Morgan fingerprint density at radius 2 is 1.93 bits per heavy atom. The lowest BCUT2D eigenvalue weighted by Gasteiger charge is -2.31. The fourth-order valence-corrected chi connectivity index (χ4v) is 4.78. The Bertz CT molecular complexity index is 768. The number of pyridine rings is 1. The maximum atomic E-state index is 12.1. The Morgan fingerprint density at radius 3 is 2.63 bits per heavy atom. The van der Waals surface area contributed by atoms with Gasteiger partial charge in [0.25, 0.3) is 0 Å². The number of hydrogen-bond acceptors (Lipinski definition) is 4. The Hall–Kier alpha value is -2.24. The van der Waals surface area contributed by atoms with E-state index < -0.39 is 6.10 Å². The topological polar surface area (TPSA) is 56.7 Å². The van der Waals surface area contributed by atoms with Crippen molar-refractivity contribution in [2.24, 2.45) is 5.92 Å². The van der Waals surface area contributed by atoms with Crippen LogP contribution in [0.15, 0.2) is 54.7 Å². The predicted octanol–water partition coefficient (Wildman–Crippen LogP) is 2.28. The van der Waals surface area contributed by atoms with Gasteiger partial charge in [-0.15, -0.1) is 0 Å². The van der Waals surface area contributed by atoms with Crippen LogP contribution >= 0.6 is 0 Å². The predicted molar refractivity (Wildman–Crippen MR) is 104 cm³/mol. The lowest BCUT2D eigenvalue weighted by Crippen LogP contribution is -2.44. The van der Waals surface area contributed by atoms with Gasteiger partial charge in [0, 0.05) is 57.2 Å². The van der Waals surface area contributed by atoms with Crippen molar-refractivity contribution >= 4 is 5.91 Å². The summed E-state index contributed by atoms with van der Waals surface area (Å²) in [5, 5.41) is 11.0. The first-order chi connectivity index (χ1) is 13.1. The smallest absolute Gasteiger partial charge is 0.219 e. The number of aliphatic hydroxyl groups excluding tert-OH is 1. The maximum absolute atomic E-state index is 12.1. The van der Waals surface area contributed by atoms with Crippen molar-refractivity contribution in [1.82, 2.24) is 14.8 Å². The van der Waals surface area contributed by atoms with Crippen LogP contribution in [0, 0.1) is 5.92 Å². The Balaban J connectivity index is 1.67. The van der Waals surface area contributed by atoms with E-state index in [0.717, 1.165) is 18.8 Å². The zero-order valence-corrected chi connectivity index (χ0v) is 15.7. The van der Waals surface area contributed by atoms with E-state index in [2.05, 4.69) is 34.1 Å². The molecule has 0 radical (unpaired) electrons. The molecule has 0 spiro atoms. The van der Waals surface area contributed by atoms with Crippen molar-refractivity contribution in [2.45, 2.75) is 38.0 Å². The zero-order chi connectivity index (χ0) is 18.8. The van der Waals surface area contributed by atoms with Crippen molar-refractivity contribution < 1.29 is 9.90 Å². The molecular formula is C22H27N3O2. The van der Waals surface area contributed by atoms with Crippen LogP contribution in [-0.2, 0) is 11.3 Å². The second-order valence-electron chi connectivity index (χ2n) is 7.73. The van der Waals surface area contributed by atoms with Gasteiger partial charge in [-0.05, 0) is 24.1 Å². The molecule has 2 aliphatic heterocycles. The summed E-state index contributed by atoms with van der Waals surface area (Å²) in [6.07, 6.45) is 2.06. The molecule has 27 heavy (non-hydrogen) atoms. The minimum absolute atomic E-state index is 0.0868. The molecule has 1 N–H and O–H groups in total. The van der Waals surface area contributed by atoms with Gasteiger partial charge in [0.05, 0.1) is 11.8 Å². The van der Waals surface area contributed by atoms with E-state index in [1.165, 1.54) is 5.56 Å². The third-order valence-corrected chi connectivity index (χ3v) is 6.12. The minimum atomic E-state index is -0.404. The number of carbonyl (C=O) groups excluding carboxylic acids is 1. The molecule has 5 heteroatoms. The van der Waals surface area contributed by atoms with Crippen LogP contribution in [0.25, 0.3) is 0 Å². The van der Waals surface area contributed by atoms with Crippen LogP contribution in [0.3, 0.4) is 0 Å². The van der Waals surface area contributed by atoms with Gasteiger partial charge in [-0.25, -0.2) is 0 Å². The summed E-state index contributed by atoms with van der Waals surface area (Å²) in [5.41, 5.74) is 2.30. The summed E-state index contributed by atoms with van der Waals surface area (Å²) in [7, 11) is 0.